The van der Waals surface area contributed by atoms with Crippen molar-refractivity contribution < 1.29 is 5.11 Å². The molecular weight excluding hydrogens is 406 g/mol. The fourth-order valence-corrected chi connectivity index (χ4v) is 5.66. The van der Waals surface area contributed by atoms with Crippen molar-refractivity contribution in [3.8, 4) is 11.4 Å². The number of hydrogen-bond donors (Lipinski definition) is 2. The molecule has 3 aromatic heterocycles. The van der Waals surface area contributed by atoms with E-state index in [1.807, 2.05) is 0 Å². The van der Waals surface area contributed by atoms with E-state index < -0.39 is 0 Å². The molecule has 1 aromatic carbocycles. The summed E-state index contributed by atoms with van der Waals surface area (Å²) in [6.07, 6.45) is 5.89. The number of aromatic hydroxyl groups is 1. The zero-order chi connectivity index (χ0) is 19.8. The van der Waals surface area contributed by atoms with E-state index in [0.717, 1.165) is 28.7 Å². The lowest BCUT2D eigenvalue weighted by atomic mass is 10.1. The number of phenolic OH excluding ortho intramolecular Hbond substituents is 1. The van der Waals surface area contributed by atoms with Gasteiger partial charge in [-0.15, -0.1) is 16.4 Å². The predicted octanol–water partition coefficient (Wildman–Crippen LogP) is 3.52. The molecule has 0 spiro atoms. The van der Waals surface area contributed by atoms with E-state index in [1.54, 1.807) is 40.3 Å². The van der Waals surface area contributed by atoms with Crippen molar-refractivity contribution in [1.82, 2.24) is 30.2 Å². The second-order valence-corrected chi connectivity index (χ2v) is 8.97. The lowest BCUT2D eigenvalue weighted by Crippen LogP contribution is -2.02. The van der Waals surface area contributed by atoms with Crippen LogP contribution in [0.5, 0.6) is 5.75 Å². The molecule has 0 bridgehead atoms. The van der Waals surface area contributed by atoms with Crippen molar-refractivity contribution in [2.75, 3.05) is 5.73 Å². The van der Waals surface area contributed by atoms with Gasteiger partial charge in [0.15, 0.2) is 0 Å². The summed E-state index contributed by atoms with van der Waals surface area (Å²) in [6.45, 7) is 0. The number of anilines is 1. The molecule has 1 aliphatic rings. The molecule has 3 N–H and O–H groups in total. The van der Waals surface area contributed by atoms with E-state index in [-0.39, 0.29) is 5.75 Å². The number of thioether (sulfide) groups is 1. The predicted molar refractivity (Wildman–Crippen MR) is 113 cm³/mol. The van der Waals surface area contributed by atoms with E-state index >= 15 is 0 Å². The van der Waals surface area contributed by atoms with E-state index in [2.05, 4.69) is 20.5 Å². The molecule has 0 aliphatic heterocycles. The quantitative estimate of drug-likeness (QED) is 0.377. The van der Waals surface area contributed by atoms with Crippen LogP contribution in [-0.4, -0.2) is 35.3 Å². The SMILES string of the molecule is Nc1nc(CSc2nnnn2-c2ccc(O)cc2)nc2sc3c(c12)CCCCC3. The maximum Gasteiger partial charge on any atom is 0.214 e. The molecule has 0 saturated heterocycles. The first-order valence-corrected chi connectivity index (χ1v) is 11.3. The Morgan fingerprint density at radius 1 is 1.10 bits per heavy atom. The van der Waals surface area contributed by atoms with Gasteiger partial charge in [0, 0.05) is 4.88 Å². The maximum atomic E-state index is 9.47. The number of rotatable bonds is 4. The highest BCUT2D eigenvalue weighted by Crippen LogP contribution is 2.37. The highest BCUT2D eigenvalue weighted by molar-refractivity contribution is 7.98. The topological polar surface area (TPSA) is 116 Å². The third-order valence-electron chi connectivity index (χ3n) is 5.00. The minimum atomic E-state index is 0.197. The molecule has 0 fully saturated rings. The van der Waals surface area contributed by atoms with Crippen LogP contribution in [0.25, 0.3) is 15.9 Å². The van der Waals surface area contributed by atoms with Gasteiger partial charge in [0.05, 0.1) is 16.8 Å². The van der Waals surface area contributed by atoms with Crippen molar-refractivity contribution in [3.05, 3.63) is 40.5 Å². The largest absolute Gasteiger partial charge is 0.508 e. The third kappa shape index (κ3) is 3.53. The Morgan fingerprint density at radius 3 is 2.79 bits per heavy atom. The molecule has 4 aromatic rings. The van der Waals surface area contributed by atoms with Crippen LogP contribution in [0.4, 0.5) is 5.82 Å². The second kappa shape index (κ2) is 7.60. The number of tetrazole rings is 1. The molecule has 3 heterocycles. The summed E-state index contributed by atoms with van der Waals surface area (Å²) in [7, 11) is 0. The fraction of sp³-hybridized carbons (Fsp3) is 0.316. The first-order valence-electron chi connectivity index (χ1n) is 9.46. The van der Waals surface area contributed by atoms with Gasteiger partial charge >= 0.3 is 0 Å². The lowest BCUT2D eigenvalue weighted by Gasteiger charge is -2.06. The van der Waals surface area contributed by atoms with E-state index in [4.69, 9.17) is 10.7 Å². The number of benzene rings is 1. The fourth-order valence-electron chi connectivity index (χ4n) is 3.63. The molecule has 0 atom stereocenters. The molecule has 5 rings (SSSR count). The van der Waals surface area contributed by atoms with Crippen LogP contribution in [0, 0.1) is 0 Å². The average molecular weight is 426 g/mol. The van der Waals surface area contributed by atoms with Gasteiger partial charge in [-0.05, 0) is 65.9 Å². The first kappa shape index (κ1) is 18.3. The van der Waals surface area contributed by atoms with Crippen molar-refractivity contribution in [2.45, 2.75) is 43.0 Å². The van der Waals surface area contributed by atoms with Gasteiger partial charge in [0.25, 0.3) is 0 Å². The number of hydrogen-bond acceptors (Lipinski definition) is 9. The number of phenols is 1. The highest BCUT2D eigenvalue weighted by atomic mass is 32.2. The molecule has 0 amide bonds. The number of nitrogens with two attached hydrogens (primary N) is 1. The molecule has 0 unspecified atom stereocenters. The van der Waals surface area contributed by atoms with E-state index in [1.165, 1.54) is 41.5 Å². The van der Waals surface area contributed by atoms with Gasteiger partial charge in [0.1, 0.15) is 22.2 Å². The minimum absolute atomic E-state index is 0.197. The minimum Gasteiger partial charge on any atom is -0.508 e. The molecule has 1 aliphatic carbocycles. The number of aryl methyl sites for hydroxylation is 2. The van der Waals surface area contributed by atoms with Gasteiger partial charge in [-0.2, -0.15) is 4.68 Å². The van der Waals surface area contributed by atoms with Gasteiger partial charge < -0.3 is 10.8 Å². The van der Waals surface area contributed by atoms with Crippen molar-refractivity contribution in [3.63, 3.8) is 0 Å². The van der Waals surface area contributed by atoms with Gasteiger partial charge in [-0.25, -0.2) is 9.97 Å². The standard InChI is InChI=1S/C19H19N7OS2/c20-17-16-13-4-2-1-3-5-14(13)29-18(16)22-15(21-17)10-28-19-23-24-25-26(19)11-6-8-12(27)9-7-11/h6-9,27H,1-5,10H2,(H2,20,21,22). The van der Waals surface area contributed by atoms with Crippen molar-refractivity contribution >= 4 is 39.1 Å². The monoisotopic (exact) mass is 425 g/mol. The van der Waals surface area contributed by atoms with Crippen molar-refractivity contribution in [2.24, 2.45) is 0 Å². The molecule has 8 nitrogen and oxygen atoms in total. The van der Waals surface area contributed by atoms with Crippen LogP contribution in [0.3, 0.4) is 0 Å². The summed E-state index contributed by atoms with van der Waals surface area (Å²) < 4.78 is 1.62. The highest BCUT2D eigenvalue weighted by Gasteiger charge is 2.19. The zero-order valence-corrected chi connectivity index (χ0v) is 17.2. The average Bonchev–Trinajstić information content (AvgIpc) is 3.25. The van der Waals surface area contributed by atoms with Crippen LogP contribution in [0.2, 0.25) is 0 Å². The summed E-state index contributed by atoms with van der Waals surface area (Å²) in [5.74, 6) is 1.96. The molecule has 148 valence electrons. The number of nitrogen functional groups attached to an aromatic ring is 1. The molecule has 0 saturated carbocycles. The zero-order valence-electron chi connectivity index (χ0n) is 15.6. The summed E-state index contributed by atoms with van der Waals surface area (Å²) >= 11 is 3.21. The van der Waals surface area contributed by atoms with Crippen LogP contribution in [-0.2, 0) is 18.6 Å². The first-order chi connectivity index (χ1) is 14.2. The van der Waals surface area contributed by atoms with Gasteiger partial charge in [-0.3, -0.25) is 0 Å². The van der Waals surface area contributed by atoms with E-state index in [0.29, 0.717) is 22.6 Å². The van der Waals surface area contributed by atoms with Crippen molar-refractivity contribution in [1.29, 1.82) is 0 Å². The molecular formula is C19H19N7OS2. The Labute approximate surface area is 175 Å². The van der Waals surface area contributed by atoms with Crippen LogP contribution in [0.15, 0.2) is 29.4 Å². The normalized spacial score (nSPS) is 14.1. The summed E-state index contributed by atoms with van der Waals surface area (Å²) in [5.41, 5.74) is 8.47. The van der Waals surface area contributed by atoms with Crippen LogP contribution < -0.4 is 5.73 Å². The van der Waals surface area contributed by atoms with Gasteiger partial charge in [0.2, 0.25) is 5.16 Å². The maximum absolute atomic E-state index is 9.47. The molecule has 10 heteroatoms. The number of thiophene rings is 1. The Bertz CT molecular complexity index is 1170. The van der Waals surface area contributed by atoms with E-state index in [9.17, 15) is 5.11 Å². The molecule has 0 radical (unpaired) electrons. The number of aromatic nitrogens is 6. The Kier molecular flexibility index (Phi) is 4.80. The smallest absolute Gasteiger partial charge is 0.214 e. The lowest BCUT2D eigenvalue weighted by molar-refractivity contribution is 0.475. The summed E-state index contributed by atoms with van der Waals surface area (Å²) in [4.78, 5) is 11.7. The number of nitrogens with zero attached hydrogens (tertiary/aromatic N) is 6. The van der Waals surface area contributed by atoms with Crippen LogP contribution >= 0.6 is 23.1 Å². The Balaban J connectivity index is 1.41. The third-order valence-corrected chi connectivity index (χ3v) is 7.11. The second-order valence-electron chi connectivity index (χ2n) is 6.95. The van der Waals surface area contributed by atoms with Gasteiger partial charge in [-0.1, -0.05) is 18.2 Å². The summed E-state index contributed by atoms with van der Waals surface area (Å²) in [6, 6.07) is 6.72. The van der Waals surface area contributed by atoms with Crippen LogP contribution in [0.1, 0.15) is 35.5 Å². The molecule has 29 heavy (non-hydrogen) atoms. The Morgan fingerprint density at radius 2 is 1.93 bits per heavy atom. The Hall–Kier alpha value is -2.72. The summed E-state index contributed by atoms with van der Waals surface area (Å²) in [5, 5.41) is 23.1. The number of fused-ring (bicyclic) bond motifs is 3.